The summed E-state index contributed by atoms with van der Waals surface area (Å²) in [5.74, 6) is 0.715. The van der Waals surface area contributed by atoms with Gasteiger partial charge in [0.1, 0.15) is 11.5 Å². The van der Waals surface area contributed by atoms with Crippen LogP contribution in [0.2, 0.25) is 0 Å². The second-order valence-electron chi connectivity index (χ2n) is 7.12. The van der Waals surface area contributed by atoms with E-state index in [-0.39, 0.29) is 13.6 Å². The highest BCUT2D eigenvalue weighted by Gasteiger charge is 2.24. The minimum Gasteiger partial charge on any atom is -0.466 e. The fraction of sp³-hybridized carbons (Fsp3) is 0.154. The molecule has 4 aromatic rings. The second-order valence-corrected chi connectivity index (χ2v) is 7.12. The molecule has 0 saturated heterocycles. The quantitative estimate of drug-likeness (QED) is 0.267. The number of methoxy groups -OCH3 is 2. The van der Waals surface area contributed by atoms with E-state index in [1.165, 1.54) is 14.2 Å². The van der Waals surface area contributed by atoms with Crippen molar-refractivity contribution in [2.24, 2.45) is 0 Å². The summed E-state index contributed by atoms with van der Waals surface area (Å²) in [6.45, 7) is -0.0997. The van der Waals surface area contributed by atoms with Gasteiger partial charge in [-0.25, -0.2) is 0 Å². The van der Waals surface area contributed by atoms with Crippen molar-refractivity contribution in [2.45, 2.75) is 0 Å². The molecule has 6 nitrogen and oxygen atoms in total. The number of fused-ring (bicyclic) bond motifs is 2. The van der Waals surface area contributed by atoms with Crippen LogP contribution in [0.15, 0.2) is 60.7 Å². The van der Waals surface area contributed by atoms with Crippen molar-refractivity contribution < 1.29 is 28.5 Å². The number of carbonyl (C=O) groups excluding carboxylic acids is 2. The summed E-state index contributed by atoms with van der Waals surface area (Å²) >= 11 is 0. The van der Waals surface area contributed by atoms with E-state index in [1.807, 2.05) is 48.5 Å². The Hall–Kier alpha value is -3.74. The average Bonchev–Trinajstić information content (AvgIpc) is 2.84. The first-order valence-electron chi connectivity index (χ1n) is 9.99. The summed E-state index contributed by atoms with van der Waals surface area (Å²) in [7, 11) is 3.02. The molecule has 0 aliphatic carbocycles. The molecule has 6 heteroatoms. The number of benzene rings is 4. The van der Waals surface area contributed by atoms with E-state index in [0.717, 1.165) is 34.1 Å². The first kappa shape index (κ1) is 21.5. The van der Waals surface area contributed by atoms with Gasteiger partial charge in [0.2, 0.25) is 0 Å². The molecule has 0 aromatic heterocycles. The molecule has 0 N–H and O–H groups in total. The lowest BCUT2D eigenvalue weighted by Crippen LogP contribution is -2.07. The van der Waals surface area contributed by atoms with Crippen LogP contribution in [0.5, 0.6) is 11.5 Å². The van der Waals surface area contributed by atoms with E-state index in [2.05, 4.69) is 0 Å². The molecule has 0 aliphatic heterocycles. The van der Waals surface area contributed by atoms with E-state index in [1.54, 1.807) is 12.1 Å². The van der Waals surface area contributed by atoms with Crippen LogP contribution in [0.4, 0.5) is 0 Å². The first-order valence-corrected chi connectivity index (χ1v) is 9.99. The number of ether oxygens (including phenoxy) is 4. The van der Waals surface area contributed by atoms with Crippen molar-refractivity contribution in [2.75, 3.05) is 27.8 Å². The highest BCUT2D eigenvalue weighted by atomic mass is 16.7. The Morgan fingerprint density at radius 1 is 0.656 bits per heavy atom. The van der Waals surface area contributed by atoms with Crippen LogP contribution in [-0.4, -0.2) is 40.4 Å². The Morgan fingerprint density at radius 2 is 1.06 bits per heavy atom. The van der Waals surface area contributed by atoms with Gasteiger partial charge < -0.3 is 18.9 Å². The van der Waals surface area contributed by atoms with Crippen molar-refractivity contribution in [3.8, 4) is 22.6 Å². The van der Waals surface area contributed by atoms with Crippen LogP contribution >= 0.6 is 0 Å². The van der Waals surface area contributed by atoms with Gasteiger partial charge in [0.05, 0.1) is 11.1 Å². The number of aldehydes is 2. The Bertz CT molecular complexity index is 1190. The molecule has 4 rings (SSSR count). The average molecular weight is 430 g/mol. The van der Waals surface area contributed by atoms with Gasteiger partial charge in [-0.1, -0.05) is 48.5 Å². The molecule has 0 heterocycles. The summed E-state index contributed by atoms with van der Waals surface area (Å²) in [4.78, 5) is 24.1. The standard InChI is InChI=1S/C26H22O6/c1-29-15-31-25-19(13-27)11-17-7-3-5-9-21(17)23(25)24-22-10-6-4-8-18(22)12-20(14-28)26(24)32-16-30-2/h3-14H,15-16H2,1-2H3. The van der Waals surface area contributed by atoms with Crippen LogP contribution in [0.25, 0.3) is 32.7 Å². The summed E-state index contributed by atoms with van der Waals surface area (Å²) in [6.07, 6.45) is 1.50. The van der Waals surface area contributed by atoms with Crippen LogP contribution in [-0.2, 0) is 9.47 Å². The highest BCUT2D eigenvalue weighted by molar-refractivity contribution is 6.14. The summed E-state index contributed by atoms with van der Waals surface area (Å²) < 4.78 is 22.1. The fourth-order valence-electron chi connectivity index (χ4n) is 3.92. The summed E-state index contributed by atoms with van der Waals surface area (Å²) in [6, 6.07) is 18.9. The Kier molecular flexibility index (Phi) is 6.44. The third kappa shape index (κ3) is 3.82. The minimum absolute atomic E-state index is 0.0499. The number of carbonyl (C=O) groups is 2. The molecule has 0 radical (unpaired) electrons. The Morgan fingerprint density at radius 3 is 1.44 bits per heavy atom. The van der Waals surface area contributed by atoms with Gasteiger partial charge in [0, 0.05) is 25.3 Å². The maximum absolute atomic E-state index is 12.0. The van der Waals surface area contributed by atoms with E-state index < -0.39 is 0 Å². The monoisotopic (exact) mass is 430 g/mol. The Labute approximate surface area is 185 Å². The molecule has 0 atom stereocenters. The van der Waals surface area contributed by atoms with Gasteiger partial charge in [-0.2, -0.15) is 0 Å². The molecule has 4 aromatic carbocycles. The zero-order valence-electron chi connectivity index (χ0n) is 17.8. The maximum atomic E-state index is 12.0. The number of hydrogen-bond acceptors (Lipinski definition) is 6. The van der Waals surface area contributed by atoms with Gasteiger partial charge in [-0.05, 0) is 33.7 Å². The van der Waals surface area contributed by atoms with E-state index >= 15 is 0 Å². The Balaban J connectivity index is 2.21. The lowest BCUT2D eigenvalue weighted by Gasteiger charge is -2.21. The van der Waals surface area contributed by atoms with Gasteiger partial charge >= 0.3 is 0 Å². The molecule has 32 heavy (non-hydrogen) atoms. The van der Waals surface area contributed by atoms with Crippen molar-refractivity contribution in [1.82, 2.24) is 0 Å². The highest BCUT2D eigenvalue weighted by Crippen LogP contribution is 2.48. The topological polar surface area (TPSA) is 71.1 Å². The van der Waals surface area contributed by atoms with E-state index in [4.69, 9.17) is 18.9 Å². The lowest BCUT2D eigenvalue weighted by molar-refractivity contribution is 0.0495. The summed E-state index contributed by atoms with van der Waals surface area (Å²) in [5, 5.41) is 3.40. The van der Waals surface area contributed by atoms with E-state index in [9.17, 15) is 9.59 Å². The predicted octanol–water partition coefficient (Wildman–Crippen LogP) is 5.25. The third-order valence-electron chi connectivity index (χ3n) is 5.21. The van der Waals surface area contributed by atoms with Crippen molar-refractivity contribution >= 4 is 34.1 Å². The molecule has 0 saturated carbocycles. The van der Waals surface area contributed by atoms with Crippen LogP contribution in [0.3, 0.4) is 0 Å². The fourth-order valence-corrected chi connectivity index (χ4v) is 3.92. The van der Waals surface area contributed by atoms with Gasteiger partial charge in [0.25, 0.3) is 0 Å². The van der Waals surface area contributed by atoms with Crippen LogP contribution in [0, 0.1) is 0 Å². The van der Waals surface area contributed by atoms with Crippen molar-refractivity contribution in [3.05, 3.63) is 71.8 Å². The summed E-state index contributed by atoms with van der Waals surface area (Å²) in [5.41, 5.74) is 2.03. The molecule has 0 fully saturated rings. The van der Waals surface area contributed by atoms with Crippen LogP contribution < -0.4 is 9.47 Å². The number of hydrogen-bond donors (Lipinski definition) is 0. The molecule has 0 bridgehead atoms. The SMILES string of the molecule is COCOc1c(C=O)cc2ccccc2c1-c1c(OCOC)c(C=O)cc2ccccc12. The molecular formula is C26H22O6. The second kappa shape index (κ2) is 9.60. The van der Waals surface area contributed by atoms with Crippen LogP contribution in [0.1, 0.15) is 20.7 Å². The largest absolute Gasteiger partial charge is 0.466 e. The van der Waals surface area contributed by atoms with Crippen molar-refractivity contribution in [1.29, 1.82) is 0 Å². The minimum atomic E-state index is -0.0499. The predicted molar refractivity (Wildman–Crippen MR) is 123 cm³/mol. The maximum Gasteiger partial charge on any atom is 0.188 e. The van der Waals surface area contributed by atoms with Gasteiger partial charge in [-0.15, -0.1) is 0 Å². The molecule has 0 spiro atoms. The zero-order valence-corrected chi connectivity index (χ0v) is 17.8. The third-order valence-corrected chi connectivity index (χ3v) is 5.21. The molecular weight excluding hydrogens is 408 g/mol. The van der Waals surface area contributed by atoms with Gasteiger partial charge in [0.15, 0.2) is 26.2 Å². The molecule has 0 amide bonds. The molecule has 162 valence electrons. The first-order chi connectivity index (χ1) is 15.7. The smallest absolute Gasteiger partial charge is 0.188 e. The molecule has 0 unspecified atom stereocenters. The van der Waals surface area contributed by atoms with Gasteiger partial charge in [-0.3, -0.25) is 9.59 Å². The zero-order chi connectivity index (χ0) is 22.5. The van der Waals surface area contributed by atoms with Crippen molar-refractivity contribution in [3.63, 3.8) is 0 Å². The lowest BCUT2D eigenvalue weighted by atomic mass is 9.89. The molecule has 0 aliphatic rings. The number of rotatable bonds is 9. The normalized spacial score (nSPS) is 10.9. The van der Waals surface area contributed by atoms with E-state index in [0.29, 0.717) is 33.8 Å².